The zero-order valence-corrected chi connectivity index (χ0v) is 21.6. The summed E-state index contributed by atoms with van der Waals surface area (Å²) in [6.07, 6.45) is 1.36. The lowest BCUT2D eigenvalue weighted by Gasteiger charge is -2.08. The molecule has 0 aromatic heterocycles. The molecule has 0 fully saturated rings. The lowest BCUT2D eigenvalue weighted by atomic mass is 10.1. The Kier molecular flexibility index (Phi) is 8.53. The minimum atomic E-state index is -0.661. The first kappa shape index (κ1) is 26.6. The van der Waals surface area contributed by atoms with Crippen molar-refractivity contribution in [2.24, 2.45) is 5.10 Å². The monoisotopic (exact) mass is 545 g/mol. The van der Waals surface area contributed by atoms with E-state index in [4.69, 9.17) is 27.9 Å². The third-order valence-corrected chi connectivity index (χ3v) is 5.91. The molecular weight excluding hydrogens is 525 g/mol. The largest absolute Gasteiger partial charge is 0.422 e. The maximum atomic E-state index is 12.6. The van der Waals surface area contributed by atoms with E-state index in [1.165, 1.54) is 24.4 Å². The van der Waals surface area contributed by atoms with E-state index in [0.29, 0.717) is 27.4 Å². The highest BCUT2D eigenvalue weighted by Gasteiger charge is 2.15. The highest BCUT2D eigenvalue weighted by Crippen LogP contribution is 2.24. The fourth-order valence-electron chi connectivity index (χ4n) is 3.33. The molecule has 0 heterocycles. The van der Waals surface area contributed by atoms with Gasteiger partial charge in [-0.15, -0.1) is 0 Å². The molecule has 38 heavy (non-hydrogen) atoms. The molecule has 7 nitrogen and oxygen atoms in total. The SMILES string of the molecule is Cc1ccc(C(=O)Nc2ccc(C(=O)N/N=C\c3ccccc3OC(=O)c3ccc(Cl)cc3Cl)cc2)cc1. The molecule has 4 aromatic rings. The highest BCUT2D eigenvalue weighted by atomic mass is 35.5. The van der Waals surface area contributed by atoms with E-state index in [2.05, 4.69) is 15.8 Å². The molecule has 0 unspecified atom stereocenters. The number of halogens is 2. The molecule has 4 rings (SSSR count). The Hall–Kier alpha value is -4.46. The second kappa shape index (κ2) is 12.2. The lowest BCUT2D eigenvalue weighted by molar-refractivity contribution is 0.0734. The van der Waals surface area contributed by atoms with Crippen LogP contribution < -0.4 is 15.5 Å². The molecule has 0 atom stereocenters. The smallest absolute Gasteiger partial charge is 0.345 e. The Balaban J connectivity index is 1.36. The van der Waals surface area contributed by atoms with E-state index < -0.39 is 11.9 Å². The third kappa shape index (κ3) is 6.85. The second-order valence-electron chi connectivity index (χ2n) is 8.15. The molecule has 4 aromatic carbocycles. The molecule has 190 valence electrons. The molecule has 0 aliphatic heterocycles. The standard InChI is InChI=1S/C29H21Cl2N3O4/c1-18-6-8-19(9-7-18)27(35)33-23-13-10-20(11-14-23)28(36)34-32-17-21-4-2-3-5-26(21)38-29(37)24-15-12-22(30)16-25(24)31/h2-17H,1H3,(H,33,35)(H,34,36)/b32-17-. The Morgan fingerprint density at radius 1 is 0.816 bits per heavy atom. The minimum absolute atomic E-state index is 0.162. The van der Waals surface area contributed by atoms with Crippen LogP contribution in [0.2, 0.25) is 10.0 Å². The van der Waals surface area contributed by atoms with Crippen molar-refractivity contribution in [3.05, 3.63) is 129 Å². The van der Waals surface area contributed by atoms with Crippen LogP contribution in [0.5, 0.6) is 5.75 Å². The summed E-state index contributed by atoms with van der Waals surface area (Å²) in [7, 11) is 0. The van der Waals surface area contributed by atoms with Crippen LogP contribution in [0.4, 0.5) is 5.69 Å². The van der Waals surface area contributed by atoms with Gasteiger partial charge in [0.15, 0.2) is 0 Å². The lowest BCUT2D eigenvalue weighted by Crippen LogP contribution is -2.18. The molecule has 0 saturated carbocycles. The van der Waals surface area contributed by atoms with Crippen molar-refractivity contribution in [1.82, 2.24) is 5.43 Å². The van der Waals surface area contributed by atoms with E-state index >= 15 is 0 Å². The van der Waals surface area contributed by atoms with Crippen molar-refractivity contribution in [1.29, 1.82) is 0 Å². The summed E-state index contributed by atoms with van der Waals surface area (Å²) in [5.74, 6) is -1.13. The number of nitrogens with one attached hydrogen (secondary N) is 2. The fraction of sp³-hybridized carbons (Fsp3) is 0.0345. The van der Waals surface area contributed by atoms with Crippen molar-refractivity contribution in [2.75, 3.05) is 5.32 Å². The first-order valence-electron chi connectivity index (χ1n) is 11.4. The van der Waals surface area contributed by atoms with Gasteiger partial charge in [-0.05, 0) is 73.7 Å². The van der Waals surface area contributed by atoms with Gasteiger partial charge in [-0.25, -0.2) is 10.2 Å². The van der Waals surface area contributed by atoms with Gasteiger partial charge in [0.25, 0.3) is 11.8 Å². The minimum Gasteiger partial charge on any atom is -0.422 e. The molecule has 0 spiro atoms. The summed E-state index contributed by atoms with van der Waals surface area (Å²) in [5.41, 5.74) is 5.54. The first-order chi connectivity index (χ1) is 18.3. The van der Waals surface area contributed by atoms with E-state index in [1.807, 2.05) is 19.1 Å². The van der Waals surface area contributed by atoms with Crippen molar-refractivity contribution in [3.63, 3.8) is 0 Å². The van der Waals surface area contributed by atoms with E-state index in [-0.39, 0.29) is 22.2 Å². The Labute approximate surface area is 229 Å². The maximum Gasteiger partial charge on any atom is 0.345 e. The summed E-state index contributed by atoms with van der Waals surface area (Å²) in [4.78, 5) is 37.4. The van der Waals surface area contributed by atoms with E-state index in [0.717, 1.165) is 5.56 Å². The molecule has 0 aliphatic carbocycles. The summed E-state index contributed by atoms with van der Waals surface area (Å²) >= 11 is 12.0. The Morgan fingerprint density at radius 2 is 1.47 bits per heavy atom. The Bertz CT molecular complexity index is 1520. The number of carbonyl (C=O) groups excluding carboxylic acids is 3. The number of hydrogen-bond acceptors (Lipinski definition) is 5. The Morgan fingerprint density at radius 3 is 2.18 bits per heavy atom. The van der Waals surface area contributed by atoms with Crippen LogP contribution >= 0.6 is 23.2 Å². The zero-order valence-electron chi connectivity index (χ0n) is 20.1. The van der Waals surface area contributed by atoms with Gasteiger partial charge in [-0.2, -0.15) is 5.10 Å². The van der Waals surface area contributed by atoms with Crippen LogP contribution in [0.15, 0.2) is 96.1 Å². The van der Waals surface area contributed by atoms with Gasteiger partial charge in [0.05, 0.1) is 16.8 Å². The summed E-state index contributed by atoms with van der Waals surface area (Å²) in [5, 5.41) is 7.34. The average molecular weight is 546 g/mol. The predicted octanol–water partition coefficient (Wildman–Crippen LogP) is 6.54. The van der Waals surface area contributed by atoms with Crippen molar-refractivity contribution >= 4 is 52.9 Å². The van der Waals surface area contributed by atoms with Gasteiger partial charge >= 0.3 is 5.97 Å². The normalized spacial score (nSPS) is 10.7. The van der Waals surface area contributed by atoms with Gasteiger partial charge in [0, 0.05) is 27.4 Å². The van der Waals surface area contributed by atoms with E-state index in [9.17, 15) is 14.4 Å². The van der Waals surface area contributed by atoms with Gasteiger partial charge < -0.3 is 10.1 Å². The molecule has 9 heteroatoms. The number of nitrogens with zero attached hydrogens (tertiary/aromatic N) is 1. The van der Waals surface area contributed by atoms with Crippen molar-refractivity contribution in [2.45, 2.75) is 6.92 Å². The third-order valence-electron chi connectivity index (χ3n) is 5.36. The molecule has 2 N–H and O–H groups in total. The zero-order chi connectivity index (χ0) is 27.1. The number of benzene rings is 4. The second-order valence-corrected chi connectivity index (χ2v) is 8.99. The molecule has 0 saturated heterocycles. The molecule has 0 bridgehead atoms. The number of hydrogen-bond donors (Lipinski definition) is 2. The van der Waals surface area contributed by atoms with Gasteiger partial charge in [-0.1, -0.05) is 53.0 Å². The van der Waals surface area contributed by atoms with Crippen molar-refractivity contribution < 1.29 is 19.1 Å². The van der Waals surface area contributed by atoms with Gasteiger partial charge in [0.2, 0.25) is 0 Å². The highest BCUT2D eigenvalue weighted by molar-refractivity contribution is 6.36. The van der Waals surface area contributed by atoms with Gasteiger partial charge in [-0.3, -0.25) is 9.59 Å². The van der Waals surface area contributed by atoms with Crippen LogP contribution in [-0.2, 0) is 0 Å². The van der Waals surface area contributed by atoms with Crippen LogP contribution in [0, 0.1) is 6.92 Å². The van der Waals surface area contributed by atoms with Crippen molar-refractivity contribution in [3.8, 4) is 5.75 Å². The molecule has 0 aliphatic rings. The van der Waals surface area contributed by atoms with E-state index in [1.54, 1.807) is 60.7 Å². The quantitative estimate of drug-likeness (QED) is 0.119. The number of amides is 2. The number of anilines is 1. The number of ether oxygens (including phenoxy) is 1. The number of hydrazone groups is 1. The molecule has 0 radical (unpaired) electrons. The maximum absolute atomic E-state index is 12.6. The first-order valence-corrected chi connectivity index (χ1v) is 12.1. The van der Waals surface area contributed by atoms with Crippen LogP contribution in [0.3, 0.4) is 0 Å². The summed E-state index contributed by atoms with van der Waals surface area (Å²) in [6, 6.07) is 24.8. The summed E-state index contributed by atoms with van der Waals surface area (Å²) in [6.45, 7) is 1.95. The average Bonchev–Trinajstić information content (AvgIpc) is 2.90. The van der Waals surface area contributed by atoms with Crippen LogP contribution in [0.25, 0.3) is 0 Å². The predicted molar refractivity (Wildman–Crippen MR) is 148 cm³/mol. The fourth-order valence-corrected chi connectivity index (χ4v) is 3.81. The van der Waals surface area contributed by atoms with Crippen LogP contribution in [0.1, 0.15) is 42.2 Å². The summed E-state index contributed by atoms with van der Waals surface area (Å²) < 4.78 is 5.47. The molecular formula is C29H21Cl2N3O4. The topological polar surface area (TPSA) is 96.9 Å². The number of carbonyl (C=O) groups is 3. The molecule has 2 amide bonds. The van der Waals surface area contributed by atoms with Crippen LogP contribution in [-0.4, -0.2) is 24.0 Å². The number of rotatable bonds is 7. The van der Waals surface area contributed by atoms with Gasteiger partial charge in [0.1, 0.15) is 5.75 Å². The number of para-hydroxylation sites is 1. The number of esters is 1. The number of aryl methyl sites for hydroxylation is 1.